The molecule has 1 atom stereocenters. The third kappa shape index (κ3) is 2.98. The van der Waals surface area contributed by atoms with E-state index in [9.17, 15) is 4.39 Å². The molecule has 4 rings (SSSR count). The zero-order valence-electron chi connectivity index (χ0n) is 13.9. The second kappa shape index (κ2) is 6.61. The smallest absolute Gasteiger partial charge is 0.158 e. The van der Waals surface area contributed by atoms with Gasteiger partial charge in [0, 0.05) is 36.3 Å². The fourth-order valence-electron chi connectivity index (χ4n) is 3.17. The summed E-state index contributed by atoms with van der Waals surface area (Å²) in [5.74, 6) is 0.564. The molecule has 0 radical (unpaired) electrons. The number of aromatic nitrogens is 1. The van der Waals surface area contributed by atoms with Crippen LogP contribution in [0.4, 0.5) is 10.1 Å². The van der Waals surface area contributed by atoms with Crippen molar-refractivity contribution in [1.82, 2.24) is 4.57 Å². The van der Waals surface area contributed by atoms with Gasteiger partial charge in [-0.3, -0.25) is 0 Å². The molecule has 0 amide bonds. The van der Waals surface area contributed by atoms with Gasteiger partial charge in [0.25, 0.3) is 0 Å². The lowest BCUT2D eigenvalue weighted by molar-refractivity contribution is 0.114. The molecule has 1 aliphatic rings. The van der Waals surface area contributed by atoms with E-state index in [1.807, 2.05) is 48.8 Å². The highest BCUT2D eigenvalue weighted by atomic mass is 19.1. The summed E-state index contributed by atoms with van der Waals surface area (Å²) in [4.78, 5) is 2.18. The lowest BCUT2D eigenvalue weighted by Crippen LogP contribution is -2.23. The topological polar surface area (TPSA) is 26.6 Å². The highest BCUT2D eigenvalue weighted by Crippen LogP contribution is 2.34. The summed E-state index contributed by atoms with van der Waals surface area (Å²) in [6.45, 7) is 1.44. The number of hydrogen-bond acceptors (Lipinski definition) is 3. The van der Waals surface area contributed by atoms with Crippen LogP contribution in [0.5, 0.6) is 5.75 Å². The summed E-state index contributed by atoms with van der Waals surface area (Å²) in [5, 5.41) is 0. The molecule has 3 aromatic rings. The van der Waals surface area contributed by atoms with Crippen molar-refractivity contribution < 1.29 is 13.9 Å². The van der Waals surface area contributed by atoms with Gasteiger partial charge in [-0.15, -0.1) is 0 Å². The second-order valence-corrected chi connectivity index (χ2v) is 5.92. The number of benzene rings is 2. The predicted molar refractivity (Wildman–Crippen MR) is 94.8 cm³/mol. The number of para-hydroxylation sites is 1. The maximum absolute atomic E-state index is 14.0. The van der Waals surface area contributed by atoms with E-state index in [2.05, 4.69) is 4.90 Å². The first kappa shape index (κ1) is 15.7. The van der Waals surface area contributed by atoms with Crippen LogP contribution in [0.2, 0.25) is 0 Å². The number of methoxy groups -OCH3 is 1. The third-order valence-corrected chi connectivity index (χ3v) is 4.41. The minimum atomic E-state index is -0.248. The van der Waals surface area contributed by atoms with E-state index in [4.69, 9.17) is 9.47 Å². The van der Waals surface area contributed by atoms with Gasteiger partial charge in [0.1, 0.15) is 11.6 Å². The molecule has 1 aliphatic heterocycles. The molecule has 1 unspecified atom stereocenters. The highest BCUT2D eigenvalue weighted by molar-refractivity contribution is 5.53. The van der Waals surface area contributed by atoms with Crippen molar-refractivity contribution in [2.75, 3.05) is 25.2 Å². The van der Waals surface area contributed by atoms with Crippen LogP contribution in [0.3, 0.4) is 0 Å². The van der Waals surface area contributed by atoms with Crippen LogP contribution < -0.4 is 9.64 Å². The molecule has 2 heterocycles. The molecule has 1 fully saturated rings. The van der Waals surface area contributed by atoms with Gasteiger partial charge in [-0.2, -0.15) is 0 Å². The summed E-state index contributed by atoms with van der Waals surface area (Å²) in [7, 11) is 1.66. The van der Waals surface area contributed by atoms with Crippen molar-refractivity contribution in [3.8, 4) is 11.4 Å². The first-order valence-electron chi connectivity index (χ1n) is 8.21. The van der Waals surface area contributed by atoms with Crippen molar-refractivity contribution in [2.45, 2.75) is 6.23 Å². The molecule has 0 spiro atoms. The van der Waals surface area contributed by atoms with Crippen LogP contribution in [-0.2, 0) is 4.74 Å². The molecule has 1 saturated heterocycles. The van der Waals surface area contributed by atoms with Crippen molar-refractivity contribution in [3.05, 3.63) is 78.4 Å². The van der Waals surface area contributed by atoms with Gasteiger partial charge >= 0.3 is 0 Å². The number of halogens is 1. The quantitative estimate of drug-likeness (QED) is 0.715. The number of ether oxygens (including phenoxy) is 2. The van der Waals surface area contributed by atoms with Crippen LogP contribution in [0.15, 0.2) is 67.0 Å². The minimum Gasteiger partial charge on any atom is -0.497 e. The molecule has 2 aromatic carbocycles. The van der Waals surface area contributed by atoms with Crippen LogP contribution in [0.1, 0.15) is 11.8 Å². The Bertz CT molecular complexity index is 877. The van der Waals surface area contributed by atoms with Crippen molar-refractivity contribution in [2.24, 2.45) is 0 Å². The molecule has 1 aromatic heterocycles. The standard InChI is InChI=1S/C20H19FN2O2/c1-24-17-6-4-5-16(13-17)23-11-12-25-20(23)15-9-10-22(14-15)19-8-3-2-7-18(19)21/h2-10,13-14,20H,11-12H2,1H3. The van der Waals surface area contributed by atoms with Crippen LogP contribution >= 0.6 is 0 Å². The lowest BCUT2D eigenvalue weighted by Gasteiger charge is -2.25. The minimum absolute atomic E-state index is 0.194. The SMILES string of the molecule is COc1cccc(N2CCOC2c2ccn(-c3ccccc3F)c2)c1. The van der Waals surface area contributed by atoms with E-state index < -0.39 is 0 Å². The summed E-state index contributed by atoms with van der Waals surface area (Å²) in [6, 6.07) is 16.6. The largest absolute Gasteiger partial charge is 0.497 e. The zero-order valence-corrected chi connectivity index (χ0v) is 13.9. The molecule has 0 saturated carbocycles. The van der Waals surface area contributed by atoms with Crippen LogP contribution in [0, 0.1) is 5.82 Å². The lowest BCUT2D eigenvalue weighted by atomic mass is 10.2. The first-order chi connectivity index (χ1) is 12.3. The molecular formula is C20H19FN2O2. The average Bonchev–Trinajstić information content (AvgIpc) is 3.31. The summed E-state index contributed by atoms with van der Waals surface area (Å²) in [6.07, 6.45) is 3.58. The Labute approximate surface area is 146 Å². The number of hydrogen-bond donors (Lipinski definition) is 0. The third-order valence-electron chi connectivity index (χ3n) is 4.41. The molecule has 25 heavy (non-hydrogen) atoms. The Morgan fingerprint density at radius 2 is 2.00 bits per heavy atom. The van der Waals surface area contributed by atoms with Crippen LogP contribution in [0.25, 0.3) is 5.69 Å². The van der Waals surface area contributed by atoms with Gasteiger partial charge in [0.15, 0.2) is 6.23 Å². The molecule has 0 aliphatic carbocycles. The number of rotatable bonds is 4. The Hall–Kier alpha value is -2.79. The van der Waals surface area contributed by atoms with Crippen LogP contribution in [-0.4, -0.2) is 24.8 Å². The van der Waals surface area contributed by atoms with Gasteiger partial charge < -0.3 is 18.9 Å². The summed E-state index contributed by atoms with van der Waals surface area (Å²) >= 11 is 0. The molecule has 128 valence electrons. The van der Waals surface area contributed by atoms with E-state index >= 15 is 0 Å². The fourth-order valence-corrected chi connectivity index (χ4v) is 3.17. The van der Waals surface area contributed by atoms with E-state index in [0.717, 1.165) is 23.5 Å². The van der Waals surface area contributed by atoms with Crippen molar-refractivity contribution in [1.29, 1.82) is 0 Å². The maximum atomic E-state index is 14.0. The van der Waals surface area contributed by atoms with Crippen molar-refractivity contribution in [3.63, 3.8) is 0 Å². The van der Waals surface area contributed by atoms with E-state index in [1.54, 1.807) is 23.8 Å². The summed E-state index contributed by atoms with van der Waals surface area (Å²) < 4.78 is 27.1. The summed E-state index contributed by atoms with van der Waals surface area (Å²) in [5.41, 5.74) is 2.56. The van der Waals surface area contributed by atoms with Gasteiger partial charge in [-0.25, -0.2) is 4.39 Å². The average molecular weight is 338 g/mol. The second-order valence-electron chi connectivity index (χ2n) is 5.92. The Morgan fingerprint density at radius 3 is 2.84 bits per heavy atom. The molecule has 5 heteroatoms. The van der Waals surface area contributed by atoms with E-state index in [0.29, 0.717) is 12.3 Å². The van der Waals surface area contributed by atoms with Crippen molar-refractivity contribution >= 4 is 5.69 Å². The van der Waals surface area contributed by atoms with Gasteiger partial charge in [0.2, 0.25) is 0 Å². The normalized spacial score (nSPS) is 17.0. The van der Waals surface area contributed by atoms with Gasteiger partial charge in [-0.1, -0.05) is 18.2 Å². The zero-order chi connectivity index (χ0) is 17.2. The van der Waals surface area contributed by atoms with Gasteiger partial charge in [-0.05, 0) is 30.3 Å². The maximum Gasteiger partial charge on any atom is 0.158 e. The van der Waals surface area contributed by atoms with E-state index in [-0.39, 0.29) is 12.0 Å². The number of anilines is 1. The van der Waals surface area contributed by atoms with E-state index in [1.165, 1.54) is 6.07 Å². The fraction of sp³-hybridized carbons (Fsp3) is 0.200. The molecule has 0 N–H and O–H groups in total. The Morgan fingerprint density at radius 1 is 1.12 bits per heavy atom. The predicted octanol–water partition coefficient (Wildman–Crippen LogP) is 4.16. The van der Waals surface area contributed by atoms with Gasteiger partial charge in [0.05, 0.1) is 19.4 Å². The molecule has 4 nitrogen and oxygen atoms in total. The highest BCUT2D eigenvalue weighted by Gasteiger charge is 2.28. The molecule has 0 bridgehead atoms. The Balaban J connectivity index is 1.64. The molecular weight excluding hydrogens is 319 g/mol. The Kier molecular flexibility index (Phi) is 4.15. The number of nitrogens with zero attached hydrogens (tertiary/aromatic N) is 2. The monoisotopic (exact) mass is 338 g/mol. The first-order valence-corrected chi connectivity index (χ1v) is 8.21.